The fraction of sp³-hybridized carbons (Fsp3) is 0.708. The summed E-state index contributed by atoms with van der Waals surface area (Å²) in [6.07, 6.45) is -4.72. The van der Waals surface area contributed by atoms with Crippen LogP contribution in [0.1, 0.15) is 56.1 Å². The van der Waals surface area contributed by atoms with Crippen LogP contribution in [0.3, 0.4) is 0 Å². The van der Waals surface area contributed by atoms with Gasteiger partial charge in [-0.05, 0) is 85.0 Å². The van der Waals surface area contributed by atoms with Crippen LogP contribution in [0.5, 0.6) is 5.75 Å². The molecule has 0 radical (unpaired) electrons. The molecule has 11 nitrogen and oxygen atoms in total. The number of ether oxygens (including phenoxy) is 2. The quantitative estimate of drug-likeness (QED) is 0.165. The molecule has 3 aliphatic carbocycles. The van der Waals surface area contributed by atoms with Crippen molar-refractivity contribution < 1.29 is 155 Å². The number of carbonyl (C=O) groups is 1. The minimum Gasteiger partial charge on any atom is -0.726 e. The van der Waals surface area contributed by atoms with Gasteiger partial charge in [0.2, 0.25) is 16.7 Å². The fourth-order valence-corrected chi connectivity index (χ4v) is 7.76. The molecule has 200 valence electrons. The van der Waals surface area contributed by atoms with Gasteiger partial charge in [-0.15, -0.1) is 0 Å². The van der Waals surface area contributed by atoms with Gasteiger partial charge in [-0.2, -0.15) is 0 Å². The van der Waals surface area contributed by atoms with Gasteiger partial charge in [-0.1, -0.05) is 13.0 Å². The van der Waals surface area contributed by atoms with Crippen LogP contribution in [0, 0.1) is 17.3 Å². The molecule has 4 aliphatic rings. The molecule has 14 heteroatoms. The number of aryl methyl sites for hydroxylation is 1. The second kappa shape index (κ2) is 13.0. The van der Waals surface area contributed by atoms with E-state index in [1.54, 1.807) is 6.07 Å². The molecular weight excluding hydrogens is 575 g/mol. The standard InChI is InChI=1S/C24H32O11S.2K/c1-24-9-8-14-13-5-3-12(33-23-20(27)18(25)19(26)21(34-23)22(28)29)10-11(13)2-4-15(14)16(24)6-7-17(24)35-36(30,31)32;;/h3,5,10,14-21,23,25-27H,2,4,6-9H2,1H3,(H,28,29)(H,30,31,32);;/q;2*+1/p-2/t14-,15-,16+,17+,18+,19+,20-,21+,23?,24+;;/m1../s1. The van der Waals surface area contributed by atoms with E-state index in [0.717, 1.165) is 43.2 Å². The van der Waals surface area contributed by atoms with Gasteiger partial charge in [0.1, 0.15) is 30.2 Å². The van der Waals surface area contributed by atoms with Crippen LogP contribution in [0.15, 0.2) is 18.2 Å². The summed E-state index contributed by atoms with van der Waals surface area (Å²) in [6, 6.07) is 5.44. The van der Waals surface area contributed by atoms with Gasteiger partial charge in [0, 0.05) is 0 Å². The number of carboxylic acid groups (broad SMARTS) is 1. The van der Waals surface area contributed by atoms with Crippen molar-refractivity contribution in [1.29, 1.82) is 0 Å². The van der Waals surface area contributed by atoms with E-state index in [1.807, 2.05) is 19.1 Å². The van der Waals surface area contributed by atoms with Crippen molar-refractivity contribution in [1.82, 2.24) is 0 Å². The monoisotopic (exact) mass is 604 g/mol. The molecule has 1 aromatic carbocycles. The number of aliphatic carboxylic acids is 1. The SMILES string of the molecule is C[C@]12CC[C@@H]3c4ccc(OC5O[C@H](C(=O)[O-])[C@@H](O)[C@H](O)[C@H]5O)cc4CC[C@H]3[C@@H]1CC[C@@H]2OS(=O)(=O)[O-].[K+].[K+]. The number of benzene rings is 1. The van der Waals surface area contributed by atoms with Crippen molar-refractivity contribution >= 4 is 16.4 Å². The summed E-state index contributed by atoms with van der Waals surface area (Å²) in [6.45, 7) is 2.03. The Kier molecular flexibility index (Phi) is 11.6. The van der Waals surface area contributed by atoms with Crippen LogP contribution in [0.2, 0.25) is 0 Å². The van der Waals surface area contributed by atoms with Crippen LogP contribution in [0.25, 0.3) is 0 Å². The van der Waals surface area contributed by atoms with Gasteiger partial charge >= 0.3 is 103 Å². The van der Waals surface area contributed by atoms with Crippen molar-refractivity contribution in [3.05, 3.63) is 29.3 Å². The van der Waals surface area contributed by atoms with E-state index in [-0.39, 0.29) is 120 Å². The number of carbonyl (C=O) groups excluding carboxylic acids is 1. The number of carboxylic acids is 1. The Bertz CT molecular complexity index is 1130. The summed E-state index contributed by atoms with van der Waals surface area (Å²) in [5.41, 5.74) is 1.84. The molecule has 3 N–H and O–H groups in total. The number of hydrogen-bond donors (Lipinski definition) is 3. The molecule has 0 spiro atoms. The Morgan fingerprint density at radius 2 is 1.79 bits per heavy atom. The van der Waals surface area contributed by atoms with E-state index < -0.39 is 53.2 Å². The van der Waals surface area contributed by atoms with E-state index >= 15 is 0 Å². The predicted molar refractivity (Wildman–Crippen MR) is 118 cm³/mol. The first kappa shape index (κ1) is 34.0. The van der Waals surface area contributed by atoms with Gasteiger partial charge in [0.05, 0.1) is 12.1 Å². The molecule has 10 atom stereocenters. The predicted octanol–water partition coefficient (Wildman–Crippen LogP) is -6.67. The Balaban J connectivity index is 0.00000200. The van der Waals surface area contributed by atoms with E-state index in [9.17, 15) is 38.2 Å². The molecule has 0 bridgehead atoms. The zero-order valence-corrected chi connectivity index (χ0v) is 28.7. The van der Waals surface area contributed by atoms with E-state index in [1.165, 1.54) is 0 Å². The third-order valence-electron chi connectivity index (χ3n) is 8.90. The Morgan fingerprint density at radius 1 is 1.08 bits per heavy atom. The molecule has 0 aromatic heterocycles. The normalized spacial score (nSPS) is 40.0. The molecule has 2 saturated carbocycles. The second-order valence-electron chi connectivity index (χ2n) is 10.7. The first-order valence-corrected chi connectivity index (χ1v) is 13.6. The molecular formula is C24H30K2O11S. The minimum atomic E-state index is -4.77. The van der Waals surface area contributed by atoms with Gasteiger partial charge in [-0.3, -0.25) is 4.18 Å². The van der Waals surface area contributed by atoms with E-state index in [4.69, 9.17) is 13.7 Å². The maximum absolute atomic E-state index is 11.3. The maximum Gasteiger partial charge on any atom is 1.00 e. The van der Waals surface area contributed by atoms with Crippen molar-refractivity contribution in [3.8, 4) is 5.75 Å². The number of fused-ring (bicyclic) bond motifs is 5. The van der Waals surface area contributed by atoms with E-state index in [2.05, 4.69) is 0 Å². The van der Waals surface area contributed by atoms with E-state index in [0.29, 0.717) is 18.1 Å². The van der Waals surface area contributed by atoms with Crippen LogP contribution in [0.4, 0.5) is 0 Å². The average Bonchev–Trinajstić information content (AvgIpc) is 3.13. The first-order valence-electron chi connectivity index (χ1n) is 12.2. The zero-order valence-electron chi connectivity index (χ0n) is 21.7. The third-order valence-corrected chi connectivity index (χ3v) is 9.37. The van der Waals surface area contributed by atoms with Gasteiger partial charge in [0.25, 0.3) is 0 Å². The number of aliphatic hydroxyl groups excluding tert-OH is 3. The summed E-state index contributed by atoms with van der Waals surface area (Å²) in [5, 5.41) is 41.3. The Morgan fingerprint density at radius 3 is 2.45 bits per heavy atom. The topological polar surface area (TPSA) is 186 Å². The molecule has 1 unspecified atom stereocenters. The summed E-state index contributed by atoms with van der Waals surface area (Å²) in [4.78, 5) is 11.2. The maximum atomic E-state index is 11.3. The molecule has 5 rings (SSSR count). The molecule has 38 heavy (non-hydrogen) atoms. The number of aliphatic hydroxyl groups is 3. The molecule has 1 aliphatic heterocycles. The van der Waals surface area contributed by atoms with Crippen LogP contribution >= 0.6 is 0 Å². The minimum absolute atomic E-state index is 0. The van der Waals surface area contributed by atoms with Crippen LogP contribution in [-0.4, -0.2) is 71.1 Å². The van der Waals surface area contributed by atoms with Gasteiger partial charge in [-0.25, -0.2) is 8.42 Å². The summed E-state index contributed by atoms with van der Waals surface area (Å²) in [7, 11) is -4.77. The molecule has 1 saturated heterocycles. The summed E-state index contributed by atoms with van der Waals surface area (Å²) >= 11 is 0. The van der Waals surface area contributed by atoms with Crippen molar-refractivity contribution in [2.45, 2.75) is 88.2 Å². The molecule has 0 amide bonds. The van der Waals surface area contributed by atoms with Gasteiger partial charge in [0.15, 0.2) is 0 Å². The third kappa shape index (κ3) is 6.51. The molecule has 1 heterocycles. The second-order valence-corrected chi connectivity index (χ2v) is 11.7. The summed E-state index contributed by atoms with van der Waals surface area (Å²) < 4.78 is 49.6. The molecule has 1 aromatic rings. The Hall–Kier alpha value is 1.47. The smallest absolute Gasteiger partial charge is 0.726 e. The Labute approximate surface area is 306 Å². The first-order chi connectivity index (χ1) is 16.9. The molecule has 3 fully saturated rings. The van der Waals surface area contributed by atoms with Gasteiger partial charge < -0.3 is 39.2 Å². The van der Waals surface area contributed by atoms with Crippen LogP contribution in [-0.2, 0) is 30.5 Å². The number of rotatable bonds is 5. The van der Waals surface area contributed by atoms with Crippen molar-refractivity contribution in [2.24, 2.45) is 17.3 Å². The average molecular weight is 605 g/mol. The van der Waals surface area contributed by atoms with Crippen LogP contribution < -0.4 is 113 Å². The fourth-order valence-electron chi connectivity index (χ4n) is 7.16. The van der Waals surface area contributed by atoms with Crippen molar-refractivity contribution in [2.75, 3.05) is 0 Å². The largest absolute Gasteiger partial charge is 1.00 e. The van der Waals surface area contributed by atoms with Crippen molar-refractivity contribution in [3.63, 3.8) is 0 Å². The number of hydrogen-bond acceptors (Lipinski definition) is 11. The zero-order chi connectivity index (χ0) is 26.0. The summed E-state index contributed by atoms with van der Waals surface area (Å²) in [5.74, 6) is -0.565.